The van der Waals surface area contributed by atoms with Gasteiger partial charge in [-0.15, -0.1) is 0 Å². The Morgan fingerprint density at radius 3 is 1.18 bits per heavy atom. The first-order chi connectivity index (χ1) is 14.7. The first-order valence-electron chi connectivity index (χ1n) is 12.7. The number of hydrogen-bond acceptors (Lipinski definition) is 5. The van der Waals surface area contributed by atoms with E-state index in [0.29, 0.717) is 5.57 Å². The topological polar surface area (TPSA) is 54.0 Å². The van der Waals surface area contributed by atoms with Crippen LogP contribution >= 0.6 is 0 Å². The Kier molecular flexibility index (Phi) is 11.4. The molecule has 34 heavy (non-hydrogen) atoms. The predicted molar refractivity (Wildman–Crippen MR) is 168 cm³/mol. The number of rotatable bonds is 13. The van der Waals surface area contributed by atoms with Gasteiger partial charge >= 0.3 is 5.97 Å². The van der Waals surface area contributed by atoms with Crippen molar-refractivity contribution in [3.8, 4) is 0 Å². The number of ether oxygens (including phenoxy) is 1. The van der Waals surface area contributed by atoms with Gasteiger partial charge in [-0.3, -0.25) is 0 Å². The first kappa shape index (κ1) is 34.6. The van der Waals surface area contributed by atoms with Crippen molar-refractivity contribution in [2.45, 2.75) is 122 Å². The number of esters is 1. The maximum absolute atomic E-state index is 13.8. The van der Waals surface area contributed by atoms with Crippen LogP contribution in [0.25, 0.3) is 0 Å². The molecule has 1 unspecified atom stereocenters. The van der Waals surface area contributed by atoms with Gasteiger partial charge in [0, 0.05) is 5.57 Å². The van der Waals surface area contributed by atoms with E-state index in [9.17, 15) is 4.79 Å². The molecule has 0 aliphatic rings. The lowest BCUT2D eigenvalue weighted by Gasteiger charge is -2.62. The van der Waals surface area contributed by atoms with Crippen molar-refractivity contribution in [2.75, 3.05) is 0 Å². The van der Waals surface area contributed by atoms with Gasteiger partial charge in [0.2, 0.25) is 0 Å². The Morgan fingerprint density at radius 2 is 0.971 bits per heavy atom. The highest BCUT2D eigenvalue weighted by atomic mass is 28.5. The Morgan fingerprint density at radius 1 is 0.706 bits per heavy atom. The molecular formula is C22H56O5Si7. The summed E-state index contributed by atoms with van der Waals surface area (Å²) in [7, 11) is -13.2. The van der Waals surface area contributed by atoms with Gasteiger partial charge < -0.3 is 17.1 Å². The summed E-state index contributed by atoms with van der Waals surface area (Å²) in [6.45, 7) is 40.4. The van der Waals surface area contributed by atoms with E-state index < -0.39 is 54.2 Å². The van der Waals surface area contributed by atoms with E-state index in [2.05, 4.69) is 112 Å². The fraction of sp³-hybridized carbons (Fsp3) is 0.864. The molecule has 202 valence electrons. The van der Waals surface area contributed by atoms with E-state index in [4.69, 9.17) is 17.1 Å². The van der Waals surface area contributed by atoms with E-state index in [-0.39, 0.29) is 11.7 Å². The van der Waals surface area contributed by atoms with Gasteiger partial charge in [-0.05, 0) is 105 Å². The summed E-state index contributed by atoms with van der Waals surface area (Å²) < 4.78 is 26.8. The van der Waals surface area contributed by atoms with E-state index in [1.54, 1.807) is 0 Å². The second kappa shape index (κ2) is 11.2. The molecule has 0 saturated heterocycles. The van der Waals surface area contributed by atoms with Crippen LogP contribution in [0, 0.1) is 0 Å². The van der Waals surface area contributed by atoms with Crippen LogP contribution in [0.2, 0.25) is 102 Å². The van der Waals surface area contributed by atoms with Gasteiger partial charge in [0.25, 0.3) is 0 Å². The summed E-state index contributed by atoms with van der Waals surface area (Å²) in [5.74, 6) is -0.277. The second-order valence-corrected chi connectivity index (χ2v) is 43.3. The Balaban J connectivity index is 7.59. The molecule has 0 N–H and O–H groups in total. The van der Waals surface area contributed by atoms with Crippen molar-refractivity contribution in [1.29, 1.82) is 0 Å². The van der Waals surface area contributed by atoms with Crippen molar-refractivity contribution in [1.82, 2.24) is 0 Å². The number of carbonyl (C=O) groups excluding carboxylic acids is 1. The molecule has 0 amide bonds. The smallest absolute Gasteiger partial charge is 0.333 e. The SMILES string of the molecule is C=C(C(=O)OC([SiH3])CC)C([Si](C)(C)O[Si](C)(C)C)([Si](C)(C)O[Si](C)(C)C)[Si](C)(C)O[Si](C)(C)C. The summed E-state index contributed by atoms with van der Waals surface area (Å²) >= 11 is 0. The van der Waals surface area contributed by atoms with Gasteiger partial charge in [-0.25, -0.2) is 4.79 Å². The molecule has 0 aromatic heterocycles. The van der Waals surface area contributed by atoms with Crippen LogP contribution in [-0.4, -0.2) is 71.8 Å². The molecule has 0 aromatic rings. The summed E-state index contributed by atoms with van der Waals surface area (Å²) in [6, 6.07) is 0. The highest BCUT2D eigenvalue weighted by molar-refractivity contribution is 7.16. The van der Waals surface area contributed by atoms with Gasteiger partial charge in [-0.2, -0.15) is 0 Å². The van der Waals surface area contributed by atoms with Gasteiger partial charge in [0.1, 0.15) is 0 Å². The average molecular weight is 597 g/mol. The fourth-order valence-electron chi connectivity index (χ4n) is 6.28. The van der Waals surface area contributed by atoms with Crippen LogP contribution in [0.1, 0.15) is 13.3 Å². The highest BCUT2D eigenvalue weighted by Gasteiger charge is 2.73. The molecule has 12 heteroatoms. The molecule has 0 aromatic carbocycles. The molecule has 0 fully saturated rings. The quantitative estimate of drug-likeness (QED) is 0.144. The zero-order valence-electron chi connectivity index (χ0n) is 25.5. The molecule has 0 spiro atoms. The lowest BCUT2D eigenvalue weighted by molar-refractivity contribution is -0.141. The maximum atomic E-state index is 13.8. The van der Waals surface area contributed by atoms with Gasteiger partial charge in [-0.1, -0.05) is 13.5 Å². The van der Waals surface area contributed by atoms with Crippen molar-refractivity contribution < 1.29 is 21.9 Å². The molecule has 0 bridgehead atoms. The minimum absolute atomic E-state index is 0.0324. The van der Waals surface area contributed by atoms with Crippen LogP contribution in [0.15, 0.2) is 12.2 Å². The summed E-state index contributed by atoms with van der Waals surface area (Å²) in [4.78, 5) is 13.8. The molecule has 0 aliphatic carbocycles. The van der Waals surface area contributed by atoms with E-state index in [1.807, 2.05) is 0 Å². The number of carbonyl (C=O) groups is 1. The van der Waals surface area contributed by atoms with Crippen LogP contribution in [0.5, 0.6) is 0 Å². The Labute approximate surface area is 221 Å². The predicted octanol–water partition coefficient (Wildman–Crippen LogP) is 6.18. The van der Waals surface area contributed by atoms with E-state index >= 15 is 0 Å². The summed E-state index contributed by atoms with van der Waals surface area (Å²) in [5, 5.41) is 0. The zero-order chi connectivity index (χ0) is 27.8. The molecule has 0 aliphatic heterocycles. The van der Waals surface area contributed by atoms with Crippen LogP contribution < -0.4 is 0 Å². The van der Waals surface area contributed by atoms with E-state index in [1.165, 1.54) is 0 Å². The minimum Gasteiger partial charge on any atom is -0.464 e. The van der Waals surface area contributed by atoms with Crippen LogP contribution in [-0.2, 0) is 21.9 Å². The molecule has 0 rings (SSSR count). The van der Waals surface area contributed by atoms with Crippen molar-refractivity contribution in [2.24, 2.45) is 0 Å². The van der Waals surface area contributed by atoms with Crippen molar-refractivity contribution in [3.05, 3.63) is 12.2 Å². The third kappa shape index (κ3) is 8.58. The molecule has 1 atom stereocenters. The third-order valence-corrected chi connectivity index (χ3v) is 37.7. The Hall–Kier alpha value is 0.608. The largest absolute Gasteiger partial charge is 0.464 e. The van der Waals surface area contributed by atoms with Gasteiger partial charge in [0.05, 0.1) is 20.3 Å². The average Bonchev–Trinajstić information content (AvgIpc) is 2.46. The number of hydrogen-bond donors (Lipinski definition) is 0. The molecule has 0 radical (unpaired) electrons. The maximum Gasteiger partial charge on any atom is 0.333 e. The summed E-state index contributed by atoms with van der Waals surface area (Å²) in [6.07, 6.45) is 0.822. The molecule has 0 saturated carbocycles. The standard InChI is InChI=1S/C22H56O5Si7/c1-18-20(28)24-21(23)19(2)22(32(12,13)25-29(3,4)5,33(14,15)26-30(6,7)8)34(16,17)27-31(9,10)11/h20H,2,18H2,1,3-17,28H3. The normalized spacial score (nSPS) is 15.9. The lowest BCUT2D eigenvalue weighted by Crippen LogP contribution is -2.76. The zero-order valence-corrected chi connectivity index (χ0v) is 33.5. The highest BCUT2D eigenvalue weighted by Crippen LogP contribution is 2.61. The van der Waals surface area contributed by atoms with E-state index in [0.717, 1.165) is 16.7 Å². The molecule has 5 nitrogen and oxygen atoms in total. The van der Waals surface area contributed by atoms with Crippen molar-refractivity contribution in [3.63, 3.8) is 0 Å². The molecular weight excluding hydrogens is 541 g/mol. The Bertz CT molecular complexity index is 662. The second-order valence-electron chi connectivity index (χ2n) is 14.0. The van der Waals surface area contributed by atoms with Crippen LogP contribution in [0.3, 0.4) is 0 Å². The van der Waals surface area contributed by atoms with Gasteiger partial charge in [0.15, 0.2) is 49.9 Å². The minimum atomic E-state index is -2.69. The monoisotopic (exact) mass is 596 g/mol. The van der Waals surface area contributed by atoms with Crippen LogP contribution in [0.4, 0.5) is 0 Å². The third-order valence-electron chi connectivity index (χ3n) is 5.98. The first-order valence-corrected chi connectivity index (χ1v) is 32.8. The summed E-state index contributed by atoms with van der Waals surface area (Å²) in [5.41, 5.74) is 0.525. The lowest BCUT2D eigenvalue weighted by atomic mass is 10.3. The van der Waals surface area contributed by atoms with Crippen molar-refractivity contribution >= 4 is 66.1 Å². The fourth-order valence-corrected chi connectivity index (χ4v) is 49.3. The molecule has 0 heterocycles.